The highest BCUT2D eigenvalue weighted by atomic mass is 16.5. The van der Waals surface area contributed by atoms with E-state index < -0.39 is 5.41 Å². The van der Waals surface area contributed by atoms with Crippen molar-refractivity contribution in [3.8, 4) is 62.1 Å². The monoisotopic (exact) mass is 1330 g/mol. The summed E-state index contributed by atoms with van der Waals surface area (Å²) < 4.78 is 27.3. The largest absolute Gasteiger partial charge is 0.494 e. The first-order chi connectivity index (χ1) is 50.0. The first-order valence-electron chi connectivity index (χ1n) is 36.3. The highest BCUT2D eigenvalue weighted by Gasteiger charge is 2.45. The fraction of sp³-hybridized carbons (Fsp3) is 0.188. The van der Waals surface area contributed by atoms with E-state index in [1.807, 2.05) is 66.8 Å². The summed E-state index contributed by atoms with van der Waals surface area (Å²) in [4.78, 5) is 2.44. The zero-order chi connectivity index (χ0) is 69.8. The fourth-order valence-corrected chi connectivity index (χ4v) is 14.6. The molecule has 1 aliphatic carbocycles. The quantitative estimate of drug-likeness (QED) is 0.0420. The predicted octanol–water partition coefficient (Wildman–Crippen LogP) is 25.4. The summed E-state index contributed by atoms with van der Waals surface area (Å²) in [6, 6.07) is 102. The molecule has 1 heterocycles. The first kappa shape index (κ1) is 67.8. The molecule has 508 valence electrons. The van der Waals surface area contributed by atoms with Gasteiger partial charge < -0.3 is 28.4 Å². The third-order valence-corrected chi connectivity index (χ3v) is 20.2. The van der Waals surface area contributed by atoms with Crippen molar-refractivity contribution in [2.24, 2.45) is 0 Å². The van der Waals surface area contributed by atoms with Crippen LogP contribution in [0.2, 0.25) is 0 Å². The van der Waals surface area contributed by atoms with Crippen LogP contribution in [0.4, 0.5) is 17.1 Å². The zero-order valence-electron chi connectivity index (χ0n) is 59.1. The van der Waals surface area contributed by atoms with Crippen LogP contribution < -0.4 is 23.8 Å². The van der Waals surface area contributed by atoms with Crippen molar-refractivity contribution in [2.45, 2.75) is 89.4 Å². The van der Waals surface area contributed by atoms with Gasteiger partial charge in [0.25, 0.3) is 0 Å². The minimum Gasteiger partial charge on any atom is -0.494 e. The average Bonchev–Trinajstić information content (AvgIpc) is 1.54. The van der Waals surface area contributed by atoms with Crippen molar-refractivity contribution in [3.63, 3.8) is 0 Å². The minimum atomic E-state index is -0.499. The fourth-order valence-electron chi connectivity index (χ4n) is 14.6. The van der Waals surface area contributed by atoms with Crippen LogP contribution in [0.5, 0.6) is 23.0 Å². The number of fused-ring (bicyclic) bond motifs is 6. The van der Waals surface area contributed by atoms with Gasteiger partial charge >= 0.3 is 0 Å². The van der Waals surface area contributed by atoms with Gasteiger partial charge in [0, 0.05) is 33.5 Å². The predicted molar refractivity (Wildman–Crippen MR) is 429 cm³/mol. The number of ether oxygens (including phenoxy) is 4. The van der Waals surface area contributed by atoms with Crippen molar-refractivity contribution < 1.29 is 18.9 Å². The molecule has 1 unspecified atom stereocenters. The molecule has 1 aromatic heterocycles. The molecule has 0 amide bonds. The zero-order valence-corrected chi connectivity index (χ0v) is 59.1. The van der Waals surface area contributed by atoms with Crippen molar-refractivity contribution in [1.82, 2.24) is 4.57 Å². The Morgan fingerprint density at radius 2 is 0.794 bits per heavy atom. The topological polar surface area (TPSA) is 45.1 Å². The van der Waals surface area contributed by atoms with Crippen LogP contribution in [0, 0.1) is 0 Å². The smallest absolute Gasteiger partial charge is 0.120 e. The van der Waals surface area contributed by atoms with Crippen molar-refractivity contribution in [2.75, 3.05) is 31.3 Å². The Kier molecular flexibility index (Phi) is 20.6. The van der Waals surface area contributed by atoms with E-state index in [1.54, 1.807) is 0 Å². The summed E-state index contributed by atoms with van der Waals surface area (Å²) in [6.45, 7) is 21.4. The Morgan fingerprint density at radius 3 is 1.33 bits per heavy atom. The third kappa shape index (κ3) is 14.9. The molecular weight excluding hydrogens is 1250 g/mol. The van der Waals surface area contributed by atoms with Crippen LogP contribution in [-0.4, -0.2) is 31.0 Å². The van der Waals surface area contributed by atoms with Gasteiger partial charge in [-0.3, -0.25) is 0 Å². The van der Waals surface area contributed by atoms with Crippen LogP contribution in [0.15, 0.2) is 299 Å². The molecule has 0 fully saturated rings. The molecule has 0 spiro atoms. The van der Waals surface area contributed by atoms with Gasteiger partial charge in [0.2, 0.25) is 0 Å². The lowest BCUT2D eigenvalue weighted by atomic mass is 9.68. The molecule has 0 bridgehead atoms. The third-order valence-electron chi connectivity index (χ3n) is 20.2. The van der Waals surface area contributed by atoms with Gasteiger partial charge in [0.05, 0.1) is 42.9 Å². The maximum atomic E-state index is 6.59. The van der Waals surface area contributed by atoms with E-state index in [2.05, 4.69) is 280 Å². The second kappa shape index (κ2) is 31.0. The molecule has 0 N–H and O–H groups in total. The molecule has 0 radical (unpaired) electrons. The average molecular weight is 1340 g/mol. The number of hydrogen-bond acceptors (Lipinski definition) is 5. The van der Waals surface area contributed by atoms with Gasteiger partial charge in [-0.1, -0.05) is 223 Å². The lowest BCUT2D eigenvalue weighted by molar-refractivity contribution is 0.287. The van der Waals surface area contributed by atoms with Gasteiger partial charge in [0.15, 0.2) is 0 Å². The number of anilines is 3. The molecule has 1 aliphatic rings. The van der Waals surface area contributed by atoms with E-state index in [-0.39, 0.29) is 5.41 Å². The first-order valence-corrected chi connectivity index (χ1v) is 36.3. The summed E-state index contributed by atoms with van der Waals surface area (Å²) >= 11 is 0. The van der Waals surface area contributed by atoms with Gasteiger partial charge in [-0.2, -0.15) is 0 Å². The highest BCUT2D eigenvalue weighted by Crippen LogP contribution is 2.56. The molecule has 6 heteroatoms. The van der Waals surface area contributed by atoms with Gasteiger partial charge in [-0.15, -0.1) is 0 Å². The molecule has 0 saturated heterocycles. The Morgan fingerprint density at radius 1 is 0.363 bits per heavy atom. The molecule has 102 heavy (non-hydrogen) atoms. The van der Waals surface area contributed by atoms with Crippen molar-refractivity contribution in [1.29, 1.82) is 0 Å². The molecule has 1 atom stereocenters. The van der Waals surface area contributed by atoms with E-state index >= 15 is 0 Å². The van der Waals surface area contributed by atoms with E-state index in [4.69, 9.17) is 18.9 Å². The lowest BCUT2D eigenvalue weighted by Crippen LogP contribution is -2.30. The minimum absolute atomic E-state index is 0.00534. The second-order valence-electron chi connectivity index (χ2n) is 27.9. The Hall–Kier alpha value is -11.3. The summed E-state index contributed by atoms with van der Waals surface area (Å²) in [7, 11) is 0. The number of unbranched alkanes of at least 4 members (excludes halogenated alkanes) is 6. The lowest BCUT2D eigenvalue weighted by Gasteiger charge is -2.35. The molecule has 0 aliphatic heterocycles. The van der Waals surface area contributed by atoms with E-state index in [9.17, 15) is 0 Å². The van der Waals surface area contributed by atoms with Gasteiger partial charge in [-0.25, -0.2) is 0 Å². The Labute approximate surface area is 603 Å². The van der Waals surface area contributed by atoms with Crippen LogP contribution in [0.1, 0.15) is 117 Å². The van der Waals surface area contributed by atoms with Crippen LogP contribution in [-0.2, 0) is 17.3 Å². The molecule has 12 aromatic carbocycles. The van der Waals surface area contributed by atoms with Gasteiger partial charge in [-0.05, 0) is 256 Å². The normalized spacial score (nSPS) is 13.1. The number of aromatic nitrogens is 1. The molecular formula is C96H90N2O4. The Balaban J connectivity index is 0.767. The molecule has 0 saturated carbocycles. The summed E-state index contributed by atoms with van der Waals surface area (Å²) in [5.74, 6) is 3.52. The Bertz CT molecular complexity index is 5010. The SMILES string of the molecule is C=Cc1ccc(CC2(c3ccc(C(C)(C)C)cc3)c3ccccc3-c3ccc(N(c4ccc(-c5ccccc5)cc4)c4ccc(-c5ccc6c(c5)c5cc(OCCCCCCOc7ccc(C=C)cc7)ccc5n6-c5ccc(OCCCCCCOc6ccc(C=C)cc6)cc5)cc4)cc32)cc1. The number of hydrogen-bond donors (Lipinski definition) is 0. The van der Waals surface area contributed by atoms with E-state index in [1.165, 1.54) is 50.1 Å². The second-order valence-corrected chi connectivity index (χ2v) is 27.9. The highest BCUT2D eigenvalue weighted by molar-refractivity contribution is 6.11. The van der Waals surface area contributed by atoms with Crippen LogP contribution >= 0.6 is 0 Å². The molecule has 14 rings (SSSR count). The number of benzene rings is 12. The summed E-state index contributed by atoms with van der Waals surface area (Å²) in [6.07, 6.45) is 14.6. The summed E-state index contributed by atoms with van der Waals surface area (Å²) in [5.41, 5.74) is 22.9. The maximum Gasteiger partial charge on any atom is 0.120 e. The van der Waals surface area contributed by atoms with Crippen molar-refractivity contribution >= 4 is 57.1 Å². The van der Waals surface area contributed by atoms with Crippen LogP contribution in [0.25, 0.3) is 79.1 Å². The summed E-state index contributed by atoms with van der Waals surface area (Å²) in [5, 5.41) is 2.29. The maximum absolute atomic E-state index is 6.59. The van der Waals surface area contributed by atoms with Gasteiger partial charge in [0.1, 0.15) is 23.0 Å². The molecule has 13 aromatic rings. The van der Waals surface area contributed by atoms with Crippen LogP contribution in [0.3, 0.4) is 0 Å². The van der Waals surface area contributed by atoms with Crippen molar-refractivity contribution in [3.05, 3.63) is 343 Å². The number of nitrogens with zero attached hydrogens (tertiary/aromatic N) is 2. The standard InChI is InChI=1S/C96H90N2O4/c1-7-69-27-29-72(30-28-69)68-96(78-42-40-77(41-43-78)95(4,5)6)91-26-18-17-25-87(91)88-58-50-82(66-92(88)96)97(79-44-35-74(36-45-79)73-23-15-14-16-24-73)80-46-37-75(38-47-80)76-39-59-93-89(65-76)90-67-86(102-64-22-13-12-20-62-100-84-53-33-71(9-3)34-54-84)57-60-94(90)98(93)81-48-55-85(56-49-81)101-63-21-11-10-19-61-99-83-51-31-70(8-2)32-52-83/h7-9,14-18,23-60,65-67H,1-3,10-13,19-22,61-64,68H2,4-6H3. The molecule has 6 nitrogen and oxygen atoms in total. The van der Waals surface area contributed by atoms with E-state index in [0.717, 1.165) is 153 Å². The number of rotatable bonds is 30. The van der Waals surface area contributed by atoms with E-state index in [0.29, 0.717) is 26.4 Å².